The lowest BCUT2D eigenvalue weighted by molar-refractivity contribution is -0.384. The van der Waals surface area contributed by atoms with Crippen LogP contribution >= 0.6 is 0 Å². The van der Waals surface area contributed by atoms with Crippen molar-refractivity contribution in [1.82, 2.24) is 4.98 Å². The van der Waals surface area contributed by atoms with Crippen LogP contribution in [0.3, 0.4) is 0 Å². The summed E-state index contributed by atoms with van der Waals surface area (Å²) in [5.74, 6) is 1.98. The van der Waals surface area contributed by atoms with Crippen LogP contribution in [0.25, 0.3) is 0 Å². The van der Waals surface area contributed by atoms with Crippen molar-refractivity contribution in [2.24, 2.45) is 5.92 Å². The molecule has 1 aliphatic carbocycles. The van der Waals surface area contributed by atoms with E-state index in [4.69, 9.17) is 0 Å². The van der Waals surface area contributed by atoms with Gasteiger partial charge < -0.3 is 10.2 Å². The summed E-state index contributed by atoms with van der Waals surface area (Å²) in [5, 5.41) is 14.1. The third kappa shape index (κ3) is 3.37. The second-order valence-corrected chi connectivity index (χ2v) is 5.19. The van der Waals surface area contributed by atoms with Gasteiger partial charge in [0.05, 0.1) is 17.1 Å². The Bertz CT molecular complexity index is 474. The third-order valence-electron chi connectivity index (χ3n) is 3.77. The monoisotopic (exact) mass is 278 g/mol. The number of aromatic nitrogens is 1. The molecule has 1 fully saturated rings. The molecule has 0 spiro atoms. The first-order valence-corrected chi connectivity index (χ1v) is 7.29. The van der Waals surface area contributed by atoms with Crippen molar-refractivity contribution < 1.29 is 4.92 Å². The van der Waals surface area contributed by atoms with Gasteiger partial charge in [-0.1, -0.05) is 6.42 Å². The summed E-state index contributed by atoms with van der Waals surface area (Å²) < 4.78 is 0. The number of nitrogens with zero attached hydrogens (tertiary/aromatic N) is 3. The van der Waals surface area contributed by atoms with Gasteiger partial charge in [0.2, 0.25) is 0 Å². The number of nitro groups is 1. The van der Waals surface area contributed by atoms with E-state index in [-0.39, 0.29) is 10.6 Å². The fraction of sp³-hybridized carbons (Fsp3) is 0.643. The molecule has 0 aliphatic heterocycles. The first-order chi connectivity index (χ1) is 9.63. The van der Waals surface area contributed by atoms with Crippen molar-refractivity contribution in [1.29, 1.82) is 0 Å². The molecular formula is C14H22N4O2. The Hall–Kier alpha value is -1.85. The highest BCUT2D eigenvalue weighted by atomic mass is 16.6. The van der Waals surface area contributed by atoms with E-state index in [1.807, 2.05) is 6.92 Å². The maximum Gasteiger partial charge on any atom is 0.276 e. The largest absolute Gasteiger partial charge is 0.370 e. The van der Waals surface area contributed by atoms with Crippen molar-refractivity contribution in [2.45, 2.75) is 33.1 Å². The Morgan fingerprint density at radius 2 is 2.20 bits per heavy atom. The molecule has 6 heteroatoms. The predicted octanol–water partition coefficient (Wildman–Crippen LogP) is 3.05. The van der Waals surface area contributed by atoms with Gasteiger partial charge in [0.25, 0.3) is 5.69 Å². The van der Waals surface area contributed by atoms with Gasteiger partial charge in [0.15, 0.2) is 0 Å². The molecule has 20 heavy (non-hydrogen) atoms. The molecule has 1 heterocycles. The summed E-state index contributed by atoms with van der Waals surface area (Å²) in [6, 6.07) is 3.06. The summed E-state index contributed by atoms with van der Waals surface area (Å²) in [7, 11) is 0. The highest BCUT2D eigenvalue weighted by Gasteiger charge is 2.22. The lowest BCUT2D eigenvalue weighted by Gasteiger charge is -2.32. The molecule has 1 aromatic heterocycles. The molecule has 2 rings (SSSR count). The van der Waals surface area contributed by atoms with E-state index in [1.165, 1.54) is 25.3 Å². The molecule has 0 saturated heterocycles. The van der Waals surface area contributed by atoms with E-state index >= 15 is 0 Å². The summed E-state index contributed by atoms with van der Waals surface area (Å²) in [6.07, 6.45) is 3.81. The Kier molecular flexibility index (Phi) is 4.76. The van der Waals surface area contributed by atoms with Crippen LogP contribution in [0.2, 0.25) is 0 Å². The van der Waals surface area contributed by atoms with E-state index in [1.54, 1.807) is 6.07 Å². The fourth-order valence-corrected chi connectivity index (χ4v) is 2.41. The van der Waals surface area contributed by atoms with Gasteiger partial charge in [-0.05, 0) is 32.6 Å². The summed E-state index contributed by atoms with van der Waals surface area (Å²) in [5.41, 5.74) is 0.0954. The van der Waals surface area contributed by atoms with Crippen LogP contribution in [-0.4, -0.2) is 29.5 Å². The Morgan fingerprint density at radius 3 is 2.70 bits per heavy atom. The van der Waals surface area contributed by atoms with Crippen molar-refractivity contribution in [3.63, 3.8) is 0 Å². The van der Waals surface area contributed by atoms with Crippen LogP contribution in [0, 0.1) is 16.0 Å². The molecule has 0 aromatic carbocycles. The first kappa shape index (κ1) is 14.6. The zero-order chi connectivity index (χ0) is 14.5. The molecule has 1 aromatic rings. The minimum Gasteiger partial charge on any atom is -0.370 e. The van der Waals surface area contributed by atoms with Crippen LogP contribution in [0.15, 0.2) is 12.1 Å². The molecule has 0 atom stereocenters. The maximum atomic E-state index is 11.0. The Balaban J connectivity index is 2.24. The normalized spacial score (nSPS) is 14.7. The SMILES string of the molecule is CCNc1cc([N+](=O)[O-])cc(N(CC)CC2CCC2)n1. The van der Waals surface area contributed by atoms with Gasteiger partial charge in [0.1, 0.15) is 11.6 Å². The molecule has 1 N–H and O–H groups in total. The van der Waals surface area contributed by atoms with Gasteiger partial charge in [-0.25, -0.2) is 4.98 Å². The van der Waals surface area contributed by atoms with E-state index in [2.05, 4.69) is 22.1 Å². The zero-order valence-electron chi connectivity index (χ0n) is 12.1. The van der Waals surface area contributed by atoms with Crippen molar-refractivity contribution in [2.75, 3.05) is 29.9 Å². The molecule has 0 amide bonds. The number of hydrogen-bond acceptors (Lipinski definition) is 5. The number of anilines is 2. The first-order valence-electron chi connectivity index (χ1n) is 7.29. The lowest BCUT2D eigenvalue weighted by Crippen LogP contribution is -2.33. The molecular weight excluding hydrogens is 256 g/mol. The fourth-order valence-electron chi connectivity index (χ4n) is 2.41. The predicted molar refractivity (Wildman–Crippen MR) is 80.3 cm³/mol. The van der Waals surface area contributed by atoms with Crippen LogP contribution in [0.4, 0.5) is 17.3 Å². The molecule has 6 nitrogen and oxygen atoms in total. The number of nitrogens with one attached hydrogen (secondary N) is 1. The van der Waals surface area contributed by atoms with E-state index in [0.717, 1.165) is 13.1 Å². The molecule has 1 aliphatic rings. The Labute approximate surface area is 119 Å². The second kappa shape index (κ2) is 6.54. The van der Waals surface area contributed by atoms with Crippen LogP contribution in [0.5, 0.6) is 0 Å². The molecule has 1 saturated carbocycles. The summed E-state index contributed by atoms with van der Waals surface area (Å²) in [6.45, 7) is 6.47. The maximum absolute atomic E-state index is 11.0. The second-order valence-electron chi connectivity index (χ2n) is 5.19. The summed E-state index contributed by atoms with van der Waals surface area (Å²) >= 11 is 0. The number of pyridine rings is 1. The highest BCUT2D eigenvalue weighted by Crippen LogP contribution is 2.30. The quantitative estimate of drug-likeness (QED) is 0.613. The smallest absolute Gasteiger partial charge is 0.276 e. The van der Waals surface area contributed by atoms with Gasteiger partial charge in [-0.3, -0.25) is 10.1 Å². The van der Waals surface area contributed by atoms with E-state index in [0.29, 0.717) is 24.1 Å². The molecule has 0 radical (unpaired) electrons. The summed E-state index contributed by atoms with van der Waals surface area (Å²) in [4.78, 5) is 17.3. The van der Waals surface area contributed by atoms with Crippen molar-refractivity contribution >= 4 is 17.3 Å². The molecule has 0 bridgehead atoms. The van der Waals surface area contributed by atoms with Crippen LogP contribution in [-0.2, 0) is 0 Å². The molecule has 110 valence electrons. The average molecular weight is 278 g/mol. The Morgan fingerprint density at radius 1 is 1.45 bits per heavy atom. The minimum absolute atomic E-state index is 0.0954. The van der Waals surface area contributed by atoms with E-state index < -0.39 is 0 Å². The van der Waals surface area contributed by atoms with Gasteiger partial charge in [0, 0.05) is 19.6 Å². The number of hydrogen-bond donors (Lipinski definition) is 1. The highest BCUT2D eigenvalue weighted by molar-refractivity contribution is 5.56. The third-order valence-corrected chi connectivity index (χ3v) is 3.77. The van der Waals surface area contributed by atoms with Gasteiger partial charge >= 0.3 is 0 Å². The van der Waals surface area contributed by atoms with E-state index in [9.17, 15) is 10.1 Å². The standard InChI is InChI=1S/C14H22N4O2/c1-3-15-13-8-12(18(19)20)9-14(16-13)17(4-2)10-11-6-5-7-11/h8-9,11H,3-7,10H2,1-2H3,(H,15,16). The van der Waals surface area contributed by atoms with Crippen LogP contribution < -0.4 is 10.2 Å². The van der Waals surface area contributed by atoms with Gasteiger partial charge in [-0.15, -0.1) is 0 Å². The van der Waals surface area contributed by atoms with Crippen molar-refractivity contribution in [3.8, 4) is 0 Å². The average Bonchev–Trinajstić information content (AvgIpc) is 2.37. The van der Waals surface area contributed by atoms with Crippen molar-refractivity contribution in [3.05, 3.63) is 22.2 Å². The van der Waals surface area contributed by atoms with Crippen LogP contribution in [0.1, 0.15) is 33.1 Å². The number of rotatable bonds is 7. The minimum atomic E-state index is -0.358. The molecule has 0 unspecified atom stereocenters. The van der Waals surface area contributed by atoms with Gasteiger partial charge in [-0.2, -0.15) is 0 Å². The topological polar surface area (TPSA) is 71.3 Å². The lowest BCUT2D eigenvalue weighted by atomic mass is 9.85. The zero-order valence-corrected chi connectivity index (χ0v) is 12.1.